The molecule has 0 radical (unpaired) electrons. The van der Waals surface area contributed by atoms with Gasteiger partial charge in [-0.1, -0.05) is 0 Å². The summed E-state index contributed by atoms with van der Waals surface area (Å²) in [5, 5.41) is 0. The minimum absolute atomic E-state index is 0.101. The van der Waals surface area contributed by atoms with E-state index < -0.39 is 0 Å². The summed E-state index contributed by atoms with van der Waals surface area (Å²) in [4.78, 5) is 1.06. The topological polar surface area (TPSA) is 64.1 Å². The van der Waals surface area contributed by atoms with E-state index in [1.54, 1.807) is 6.26 Å². The van der Waals surface area contributed by atoms with Crippen LogP contribution in [0.15, 0.2) is 28.9 Å². The van der Waals surface area contributed by atoms with Crippen molar-refractivity contribution in [1.82, 2.24) is 9.80 Å². The van der Waals surface area contributed by atoms with Crippen molar-refractivity contribution in [2.75, 3.05) is 0 Å². The van der Waals surface area contributed by atoms with Crippen molar-refractivity contribution in [3.05, 3.63) is 40.8 Å². The molecule has 0 aliphatic heterocycles. The summed E-state index contributed by atoms with van der Waals surface area (Å²) in [6.07, 6.45) is 1.63. The second-order valence-corrected chi connectivity index (χ2v) is 3.82. The third-order valence-corrected chi connectivity index (χ3v) is 2.87. The second-order valence-electron chi connectivity index (χ2n) is 2.99. The van der Waals surface area contributed by atoms with Gasteiger partial charge in [-0.15, -0.1) is 0 Å². The van der Waals surface area contributed by atoms with E-state index in [1.165, 1.54) is 11.5 Å². The Morgan fingerprint density at radius 2 is 2.50 bits per heavy atom. The van der Waals surface area contributed by atoms with Crippen LogP contribution in [-0.4, -0.2) is 4.37 Å². The van der Waals surface area contributed by atoms with Gasteiger partial charge in [0.15, 0.2) is 0 Å². The summed E-state index contributed by atoms with van der Waals surface area (Å²) >= 11 is 1.43. The van der Waals surface area contributed by atoms with Crippen molar-refractivity contribution >= 4 is 11.5 Å². The van der Waals surface area contributed by atoms with Gasteiger partial charge in [-0.05, 0) is 36.7 Å². The van der Waals surface area contributed by atoms with Crippen LogP contribution in [0.5, 0.6) is 0 Å². The molecule has 3 N–H and O–H groups in total. The first-order valence-electron chi connectivity index (χ1n) is 4.24. The molecule has 0 spiro atoms. The Kier molecular flexibility index (Phi) is 2.62. The van der Waals surface area contributed by atoms with Crippen LogP contribution >= 0.6 is 11.5 Å². The number of hydrogen-bond donors (Lipinski definition) is 2. The fourth-order valence-electron chi connectivity index (χ4n) is 1.28. The highest BCUT2D eigenvalue weighted by Crippen LogP contribution is 2.25. The maximum Gasteiger partial charge on any atom is 0.127 e. The second kappa shape index (κ2) is 3.91. The molecule has 2 rings (SSSR count). The lowest BCUT2D eigenvalue weighted by molar-refractivity contribution is 0.455. The smallest absolute Gasteiger partial charge is 0.127 e. The van der Waals surface area contributed by atoms with Crippen molar-refractivity contribution in [2.45, 2.75) is 13.0 Å². The molecule has 0 aromatic carbocycles. The zero-order chi connectivity index (χ0) is 9.97. The lowest BCUT2D eigenvalue weighted by atomic mass is 10.2. The van der Waals surface area contributed by atoms with Gasteiger partial charge in [0.2, 0.25) is 0 Å². The fraction of sp³-hybridized carbons (Fsp3) is 0.222. The number of furan rings is 1. The van der Waals surface area contributed by atoms with Crippen LogP contribution in [0.25, 0.3) is 0 Å². The van der Waals surface area contributed by atoms with Crippen LogP contribution in [0, 0.1) is 6.92 Å². The van der Waals surface area contributed by atoms with Gasteiger partial charge in [0.1, 0.15) is 11.8 Å². The molecule has 4 nitrogen and oxygen atoms in total. The number of hydrazine groups is 1. The maximum absolute atomic E-state index is 5.47. The Labute approximate surface area is 85.9 Å². The van der Waals surface area contributed by atoms with Gasteiger partial charge in [0.05, 0.1) is 16.8 Å². The molecule has 0 aliphatic carbocycles. The number of nitrogens with one attached hydrogen (secondary N) is 1. The molecule has 1 unspecified atom stereocenters. The quantitative estimate of drug-likeness (QED) is 0.595. The van der Waals surface area contributed by atoms with E-state index in [4.69, 9.17) is 10.3 Å². The molecular formula is C9H11N3OS. The van der Waals surface area contributed by atoms with Gasteiger partial charge in [-0.2, -0.15) is 4.37 Å². The third-order valence-electron chi connectivity index (χ3n) is 1.93. The molecule has 0 bridgehead atoms. The van der Waals surface area contributed by atoms with Gasteiger partial charge in [-0.3, -0.25) is 5.84 Å². The largest absolute Gasteiger partial charge is 0.467 e. The first kappa shape index (κ1) is 9.39. The lowest BCUT2D eigenvalue weighted by Gasteiger charge is -2.09. The number of aryl methyl sites for hydroxylation is 1. The summed E-state index contributed by atoms with van der Waals surface area (Å²) < 4.78 is 9.49. The van der Waals surface area contributed by atoms with Gasteiger partial charge < -0.3 is 4.42 Å². The Balaban J connectivity index is 2.31. The summed E-state index contributed by atoms with van der Waals surface area (Å²) in [5.74, 6) is 6.28. The molecule has 0 fully saturated rings. The van der Waals surface area contributed by atoms with Crippen molar-refractivity contribution in [2.24, 2.45) is 5.84 Å². The fourth-order valence-corrected chi connectivity index (χ4v) is 2.09. The molecule has 2 heterocycles. The van der Waals surface area contributed by atoms with Gasteiger partial charge in [-0.25, -0.2) is 5.43 Å². The van der Waals surface area contributed by atoms with Crippen molar-refractivity contribution in [3.8, 4) is 0 Å². The zero-order valence-corrected chi connectivity index (χ0v) is 8.54. The Bertz CT molecular complexity index is 396. The molecule has 74 valence electrons. The van der Waals surface area contributed by atoms with Gasteiger partial charge >= 0.3 is 0 Å². The van der Waals surface area contributed by atoms with Crippen LogP contribution in [-0.2, 0) is 0 Å². The molecule has 14 heavy (non-hydrogen) atoms. The normalized spacial score (nSPS) is 13.0. The average molecular weight is 209 g/mol. The van der Waals surface area contributed by atoms with Crippen LogP contribution < -0.4 is 11.3 Å². The van der Waals surface area contributed by atoms with E-state index >= 15 is 0 Å². The third kappa shape index (κ3) is 1.70. The van der Waals surface area contributed by atoms with Crippen molar-refractivity contribution in [1.29, 1.82) is 0 Å². The Hall–Kier alpha value is -1.17. The predicted molar refractivity (Wildman–Crippen MR) is 54.7 cm³/mol. The summed E-state index contributed by atoms with van der Waals surface area (Å²) in [6, 6.07) is 5.63. The van der Waals surface area contributed by atoms with E-state index in [-0.39, 0.29) is 6.04 Å². The number of rotatable bonds is 3. The zero-order valence-electron chi connectivity index (χ0n) is 7.73. The summed E-state index contributed by atoms with van der Waals surface area (Å²) in [7, 11) is 0. The SMILES string of the molecule is Cc1cc(C(NN)c2ccco2)sn1. The van der Waals surface area contributed by atoms with Crippen LogP contribution in [0.1, 0.15) is 22.4 Å². The molecule has 2 aromatic rings. The highest BCUT2D eigenvalue weighted by molar-refractivity contribution is 7.05. The van der Waals surface area contributed by atoms with E-state index in [9.17, 15) is 0 Å². The minimum atomic E-state index is -0.101. The van der Waals surface area contributed by atoms with Crippen molar-refractivity contribution in [3.63, 3.8) is 0 Å². The van der Waals surface area contributed by atoms with Gasteiger partial charge in [0.25, 0.3) is 0 Å². The lowest BCUT2D eigenvalue weighted by Crippen LogP contribution is -2.27. The van der Waals surface area contributed by atoms with E-state index in [0.717, 1.165) is 16.3 Å². The molecular weight excluding hydrogens is 198 g/mol. The predicted octanol–water partition coefficient (Wildman–Crippen LogP) is 1.60. The van der Waals surface area contributed by atoms with Crippen LogP contribution in [0.3, 0.4) is 0 Å². The molecule has 2 aromatic heterocycles. The minimum Gasteiger partial charge on any atom is -0.467 e. The molecule has 1 atom stereocenters. The maximum atomic E-state index is 5.47. The molecule has 0 saturated carbocycles. The molecule has 5 heteroatoms. The van der Waals surface area contributed by atoms with Crippen molar-refractivity contribution < 1.29 is 4.42 Å². The summed E-state index contributed by atoms with van der Waals surface area (Å²) in [6.45, 7) is 1.95. The molecule has 0 amide bonds. The van der Waals surface area contributed by atoms with E-state index in [1.807, 2.05) is 25.1 Å². The Morgan fingerprint density at radius 1 is 1.64 bits per heavy atom. The van der Waals surface area contributed by atoms with E-state index in [0.29, 0.717) is 0 Å². The van der Waals surface area contributed by atoms with E-state index in [2.05, 4.69) is 9.80 Å². The highest BCUT2D eigenvalue weighted by Gasteiger charge is 2.17. The van der Waals surface area contributed by atoms with Crippen LogP contribution in [0.4, 0.5) is 0 Å². The molecule has 0 saturated heterocycles. The number of nitrogens with two attached hydrogens (primary N) is 1. The average Bonchev–Trinajstić information content (AvgIpc) is 2.79. The highest BCUT2D eigenvalue weighted by atomic mass is 32.1. The number of hydrogen-bond acceptors (Lipinski definition) is 5. The first-order valence-corrected chi connectivity index (χ1v) is 5.01. The van der Waals surface area contributed by atoms with Crippen LogP contribution in [0.2, 0.25) is 0 Å². The van der Waals surface area contributed by atoms with Gasteiger partial charge in [0, 0.05) is 0 Å². The number of nitrogens with zero attached hydrogens (tertiary/aromatic N) is 1. The standard InChI is InChI=1S/C9H11N3OS/c1-6-5-8(14-12-6)9(11-10)7-3-2-4-13-7/h2-5,9,11H,10H2,1H3. The number of aromatic nitrogens is 1. The summed E-state index contributed by atoms with van der Waals surface area (Å²) in [5.41, 5.74) is 3.71. The first-order chi connectivity index (χ1) is 6.81. The molecule has 0 aliphatic rings. The Morgan fingerprint density at radius 3 is 3.00 bits per heavy atom. The monoisotopic (exact) mass is 209 g/mol.